The smallest absolute Gasteiger partial charge is 0.505 e. The highest BCUT2D eigenvalue weighted by Crippen LogP contribution is 2.42. The number of phosphoric ester groups is 1. The lowest BCUT2D eigenvalue weighted by Gasteiger charge is -2.13. The molecule has 0 amide bonds. The number of esters is 1. The van der Waals surface area contributed by atoms with Crippen molar-refractivity contribution in [3.05, 3.63) is 11.5 Å². The molecule has 1 aliphatic heterocycles. The first-order valence-electron chi connectivity index (χ1n) is 3.94. The quantitative estimate of drug-likeness (QED) is 0.288. The van der Waals surface area contributed by atoms with E-state index in [4.69, 9.17) is 20.0 Å². The molecule has 1 heterocycles. The van der Waals surface area contributed by atoms with Crippen molar-refractivity contribution in [1.82, 2.24) is 0 Å². The Morgan fingerprint density at radius 2 is 2.06 bits per heavy atom. The maximum absolute atomic E-state index is 11.0. The van der Waals surface area contributed by atoms with E-state index in [-0.39, 0.29) is 0 Å². The topological polar surface area (TPSA) is 154 Å². The molecule has 1 rings (SSSR count). The standard InChI is InChI=1S/C6H9O9P/c7-1-2(8)4-3(9)5(6(10)14-4)15-16(11,12)13/h2,4,7-9H,1H2,(H2,11,12,13)/t2-,4?/m0/s1. The van der Waals surface area contributed by atoms with Crippen molar-refractivity contribution in [2.75, 3.05) is 6.61 Å². The second kappa shape index (κ2) is 4.40. The Hall–Kier alpha value is -1.12. The molecule has 16 heavy (non-hydrogen) atoms. The van der Waals surface area contributed by atoms with E-state index in [1.807, 2.05) is 0 Å². The number of phosphoric acid groups is 1. The molecular weight excluding hydrogens is 247 g/mol. The van der Waals surface area contributed by atoms with Crippen LogP contribution in [0.5, 0.6) is 0 Å². The van der Waals surface area contributed by atoms with E-state index in [9.17, 15) is 14.5 Å². The van der Waals surface area contributed by atoms with Gasteiger partial charge in [-0.15, -0.1) is 0 Å². The van der Waals surface area contributed by atoms with Gasteiger partial charge in [0.2, 0.25) is 0 Å². The van der Waals surface area contributed by atoms with Gasteiger partial charge in [-0.2, -0.15) is 0 Å². The van der Waals surface area contributed by atoms with Gasteiger partial charge in [-0.3, -0.25) is 9.79 Å². The van der Waals surface area contributed by atoms with Gasteiger partial charge in [0, 0.05) is 0 Å². The van der Waals surface area contributed by atoms with E-state index in [1.54, 1.807) is 0 Å². The lowest BCUT2D eigenvalue weighted by Crippen LogP contribution is -2.31. The first kappa shape index (κ1) is 12.9. The van der Waals surface area contributed by atoms with Gasteiger partial charge in [0.05, 0.1) is 6.61 Å². The monoisotopic (exact) mass is 256 g/mol. The largest absolute Gasteiger partial charge is 0.525 e. The molecule has 0 saturated heterocycles. The average molecular weight is 256 g/mol. The lowest BCUT2D eigenvalue weighted by molar-refractivity contribution is -0.147. The Kier molecular flexibility index (Phi) is 3.56. The molecule has 10 heteroatoms. The van der Waals surface area contributed by atoms with Crippen molar-refractivity contribution >= 4 is 13.8 Å². The molecule has 92 valence electrons. The molecular formula is C6H9O9P. The summed E-state index contributed by atoms with van der Waals surface area (Å²) in [5.41, 5.74) is 0. The Labute approximate surface area is 88.8 Å². The van der Waals surface area contributed by atoms with E-state index < -0.39 is 44.1 Å². The lowest BCUT2D eigenvalue weighted by atomic mass is 10.2. The minimum Gasteiger partial charge on any atom is -0.505 e. The zero-order chi connectivity index (χ0) is 12.5. The molecule has 0 aromatic heterocycles. The number of aliphatic hydroxyl groups is 3. The SMILES string of the molecule is O=C1OC([C@@H](O)CO)C(O)=C1OP(=O)(O)O. The molecule has 0 aromatic rings. The zero-order valence-corrected chi connectivity index (χ0v) is 8.57. The molecule has 0 radical (unpaired) electrons. The van der Waals surface area contributed by atoms with Gasteiger partial charge in [0.15, 0.2) is 11.9 Å². The van der Waals surface area contributed by atoms with Crippen molar-refractivity contribution in [3.8, 4) is 0 Å². The van der Waals surface area contributed by atoms with Crippen LogP contribution in [-0.2, 0) is 18.6 Å². The number of hydrogen-bond acceptors (Lipinski definition) is 7. The van der Waals surface area contributed by atoms with Crippen LogP contribution >= 0.6 is 7.82 Å². The van der Waals surface area contributed by atoms with Gasteiger partial charge >= 0.3 is 13.8 Å². The van der Waals surface area contributed by atoms with E-state index in [2.05, 4.69) is 9.26 Å². The van der Waals surface area contributed by atoms with Crippen LogP contribution in [-0.4, -0.2) is 49.9 Å². The number of rotatable bonds is 4. The fraction of sp³-hybridized carbons (Fsp3) is 0.500. The molecule has 5 N–H and O–H groups in total. The Morgan fingerprint density at radius 1 is 1.50 bits per heavy atom. The highest BCUT2D eigenvalue weighted by molar-refractivity contribution is 7.46. The van der Waals surface area contributed by atoms with Crippen LogP contribution in [0.3, 0.4) is 0 Å². The average Bonchev–Trinajstić information content (AvgIpc) is 2.42. The second-order valence-corrected chi connectivity index (χ2v) is 4.04. The summed E-state index contributed by atoms with van der Waals surface area (Å²) in [5.74, 6) is -3.39. The summed E-state index contributed by atoms with van der Waals surface area (Å²) in [6.07, 6.45) is -3.21. The van der Waals surface area contributed by atoms with E-state index in [0.717, 1.165) is 0 Å². The highest BCUT2D eigenvalue weighted by Gasteiger charge is 2.42. The summed E-state index contributed by atoms with van der Waals surface area (Å²) in [5, 5.41) is 26.9. The van der Waals surface area contributed by atoms with Crippen LogP contribution in [0.1, 0.15) is 0 Å². The highest BCUT2D eigenvalue weighted by atomic mass is 31.2. The van der Waals surface area contributed by atoms with E-state index >= 15 is 0 Å². The van der Waals surface area contributed by atoms with Gasteiger partial charge in [0.1, 0.15) is 6.10 Å². The number of cyclic esters (lactones) is 1. The van der Waals surface area contributed by atoms with Crippen LogP contribution in [0.25, 0.3) is 0 Å². The second-order valence-electron chi connectivity index (χ2n) is 2.87. The molecule has 2 atom stereocenters. The van der Waals surface area contributed by atoms with E-state index in [1.165, 1.54) is 0 Å². The number of hydrogen-bond donors (Lipinski definition) is 5. The third-order valence-electron chi connectivity index (χ3n) is 1.67. The molecule has 1 unspecified atom stereocenters. The third-order valence-corrected chi connectivity index (χ3v) is 2.09. The van der Waals surface area contributed by atoms with Crippen molar-refractivity contribution < 1.29 is 43.7 Å². The molecule has 9 nitrogen and oxygen atoms in total. The Morgan fingerprint density at radius 3 is 2.50 bits per heavy atom. The van der Waals surface area contributed by atoms with Gasteiger partial charge in [-0.1, -0.05) is 0 Å². The van der Waals surface area contributed by atoms with Crippen LogP contribution in [0.4, 0.5) is 0 Å². The number of carbonyl (C=O) groups excluding carboxylic acids is 1. The summed E-state index contributed by atoms with van der Waals surface area (Å²) < 4.78 is 18.7. The number of aliphatic hydroxyl groups excluding tert-OH is 3. The summed E-state index contributed by atoms with van der Waals surface area (Å²) in [6, 6.07) is 0. The predicted molar refractivity (Wildman–Crippen MR) is 45.8 cm³/mol. The Balaban J connectivity index is 2.94. The molecule has 0 fully saturated rings. The molecule has 1 aliphatic rings. The minimum atomic E-state index is -5.02. The fourth-order valence-electron chi connectivity index (χ4n) is 1.02. The van der Waals surface area contributed by atoms with Crippen molar-refractivity contribution in [2.24, 2.45) is 0 Å². The van der Waals surface area contributed by atoms with Gasteiger partial charge in [-0.25, -0.2) is 9.36 Å². The van der Waals surface area contributed by atoms with E-state index in [0.29, 0.717) is 0 Å². The summed E-state index contributed by atoms with van der Waals surface area (Å²) in [7, 11) is -5.02. The van der Waals surface area contributed by atoms with Gasteiger partial charge < -0.3 is 24.6 Å². The normalized spacial score (nSPS) is 23.2. The summed E-state index contributed by atoms with van der Waals surface area (Å²) in [6.45, 7) is -0.814. The third kappa shape index (κ3) is 2.71. The van der Waals surface area contributed by atoms with Crippen molar-refractivity contribution in [2.45, 2.75) is 12.2 Å². The van der Waals surface area contributed by atoms with Crippen molar-refractivity contribution in [1.29, 1.82) is 0 Å². The molecule has 0 aromatic carbocycles. The summed E-state index contributed by atoms with van der Waals surface area (Å²) >= 11 is 0. The zero-order valence-electron chi connectivity index (χ0n) is 7.68. The molecule has 0 saturated carbocycles. The maximum Gasteiger partial charge on any atom is 0.525 e. The minimum absolute atomic E-state index is 0.814. The molecule has 0 bridgehead atoms. The van der Waals surface area contributed by atoms with Crippen LogP contribution < -0.4 is 0 Å². The maximum atomic E-state index is 11.0. The van der Waals surface area contributed by atoms with Gasteiger partial charge in [-0.05, 0) is 0 Å². The first-order valence-corrected chi connectivity index (χ1v) is 5.47. The van der Waals surface area contributed by atoms with Crippen LogP contribution in [0.2, 0.25) is 0 Å². The molecule has 0 aliphatic carbocycles. The number of carbonyl (C=O) groups is 1. The van der Waals surface area contributed by atoms with Gasteiger partial charge in [0.25, 0.3) is 5.76 Å². The molecule has 0 spiro atoms. The predicted octanol–water partition coefficient (Wildman–Crippen LogP) is -1.86. The number of ether oxygens (including phenoxy) is 1. The van der Waals surface area contributed by atoms with Crippen LogP contribution in [0.15, 0.2) is 11.5 Å². The van der Waals surface area contributed by atoms with Crippen molar-refractivity contribution in [3.63, 3.8) is 0 Å². The van der Waals surface area contributed by atoms with Crippen LogP contribution in [0, 0.1) is 0 Å². The first-order chi connectivity index (χ1) is 7.26. The summed E-state index contributed by atoms with van der Waals surface area (Å²) in [4.78, 5) is 27.8. The Bertz CT molecular complexity index is 368. The fourth-order valence-corrected chi connectivity index (χ4v) is 1.42.